The minimum Gasteiger partial charge on any atom is -0.461 e. The number of furan rings is 1. The molecule has 2 N–H and O–H groups in total. The highest BCUT2D eigenvalue weighted by molar-refractivity contribution is 6.05. The van der Waals surface area contributed by atoms with Gasteiger partial charge in [-0.05, 0) is 63.3 Å². The Kier molecular flexibility index (Phi) is 7.57. The van der Waals surface area contributed by atoms with E-state index in [9.17, 15) is 14.4 Å². The lowest BCUT2D eigenvalue weighted by molar-refractivity contribution is -0.140. The maximum absolute atomic E-state index is 13.4. The van der Waals surface area contributed by atoms with E-state index in [1.165, 1.54) is 4.90 Å². The number of carbonyl (C=O) groups is 3. The highest BCUT2D eigenvalue weighted by atomic mass is 16.3. The van der Waals surface area contributed by atoms with Gasteiger partial charge in [0.05, 0.1) is 6.54 Å². The summed E-state index contributed by atoms with van der Waals surface area (Å²) in [6.07, 6.45) is 4.20. The Labute approximate surface area is 205 Å². The lowest BCUT2D eigenvalue weighted by atomic mass is 10.1. The SMILES string of the molecule is Cc1cc2cc(NC(=NC3CCCCN(CC(=O)N4CCCC4)C3=O)NC(=O)N(C)C)ccc2o1. The number of amides is 4. The molecule has 1 atom stereocenters. The number of nitrogens with one attached hydrogen (secondary N) is 2. The van der Waals surface area contributed by atoms with E-state index in [1.807, 2.05) is 36.1 Å². The standard InChI is InChI=1S/C25H34N6O4/c1-17-14-18-15-19(9-10-21(18)35-17)26-24(28-25(34)29(2)3)27-20-8-4-5-13-31(23(20)33)16-22(32)30-11-6-7-12-30/h9-10,14-15,20H,4-8,11-13,16H2,1-3H3,(H2,26,27,28,34). The van der Waals surface area contributed by atoms with E-state index in [0.29, 0.717) is 18.7 Å². The van der Waals surface area contributed by atoms with Gasteiger partial charge in [-0.15, -0.1) is 0 Å². The summed E-state index contributed by atoms with van der Waals surface area (Å²) in [6, 6.07) is 6.46. The zero-order valence-electron chi connectivity index (χ0n) is 20.7. The number of nitrogens with zero attached hydrogens (tertiary/aromatic N) is 4. The van der Waals surface area contributed by atoms with Crippen LogP contribution in [0.3, 0.4) is 0 Å². The van der Waals surface area contributed by atoms with Gasteiger partial charge in [0.25, 0.3) is 0 Å². The highest BCUT2D eigenvalue weighted by Crippen LogP contribution is 2.23. The van der Waals surface area contributed by atoms with Crippen molar-refractivity contribution < 1.29 is 18.8 Å². The monoisotopic (exact) mass is 482 g/mol. The molecule has 0 bridgehead atoms. The Balaban J connectivity index is 1.55. The lowest BCUT2D eigenvalue weighted by Gasteiger charge is -2.25. The van der Waals surface area contributed by atoms with Crippen LogP contribution < -0.4 is 10.6 Å². The Morgan fingerprint density at radius 2 is 1.86 bits per heavy atom. The van der Waals surface area contributed by atoms with E-state index in [2.05, 4.69) is 15.6 Å². The normalized spacial score (nSPS) is 19.1. The summed E-state index contributed by atoms with van der Waals surface area (Å²) in [4.78, 5) is 48.0. The molecule has 4 amide bonds. The molecule has 0 aliphatic carbocycles. The number of aryl methyl sites for hydroxylation is 1. The number of carbonyl (C=O) groups excluding carboxylic acids is 3. The Morgan fingerprint density at radius 3 is 2.60 bits per heavy atom. The van der Waals surface area contributed by atoms with Crippen LogP contribution in [-0.2, 0) is 9.59 Å². The van der Waals surface area contributed by atoms with Gasteiger partial charge in [0.15, 0.2) is 0 Å². The number of rotatable bonds is 4. The van der Waals surface area contributed by atoms with Crippen molar-refractivity contribution >= 4 is 40.5 Å². The molecule has 10 heteroatoms. The third kappa shape index (κ3) is 6.12. The number of guanidine groups is 1. The van der Waals surface area contributed by atoms with Crippen LogP contribution >= 0.6 is 0 Å². The number of fused-ring (bicyclic) bond motifs is 1. The number of hydrogen-bond acceptors (Lipinski definition) is 5. The first kappa shape index (κ1) is 24.6. The second-order valence-electron chi connectivity index (χ2n) is 9.40. The van der Waals surface area contributed by atoms with E-state index in [-0.39, 0.29) is 30.3 Å². The van der Waals surface area contributed by atoms with Gasteiger partial charge < -0.3 is 24.4 Å². The molecule has 1 unspecified atom stereocenters. The van der Waals surface area contributed by atoms with Crippen molar-refractivity contribution in [2.45, 2.75) is 45.1 Å². The summed E-state index contributed by atoms with van der Waals surface area (Å²) in [5.41, 5.74) is 1.47. The van der Waals surface area contributed by atoms with Crippen LogP contribution in [0, 0.1) is 6.92 Å². The minimum atomic E-state index is -0.686. The summed E-state index contributed by atoms with van der Waals surface area (Å²) < 4.78 is 5.64. The molecule has 0 saturated carbocycles. The Morgan fingerprint density at radius 1 is 1.11 bits per heavy atom. The number of likely N-dealkylation sites (tertiary alicyclic amines) is 2. The fourth-order valence-corrected chi connectivity index (χ4v) is 4.45. The fourth-order valence-electron chi connectivity index (χ4n) is 4.45. The molecule has 4 rings (SSSR count). The van der Waals surface area contributed by atoms with E-state index in [0.717, 1.165) is 55.5 Å². The number of hydrogen-bond donors (Lipinski definition) is 2. The van der Waals surface area contributed by atoms with E-state index >= 15 is 0 Å². The van der Waals surface area contributed by atoms with Gasteiger partial charge in [0.1, 0.15) is 17.4 Å². The van der Waals surface area contributed by atoms with Crippen molar-refractivity contribution in [3.63, 3.8) is 0 Å². The van der Waals surface area contributed by atoms with Crippen molar-refractivity contribution in [1.82, 2.24) is 20.0 Å². The molecule has 2 fully saturated rings. The van der Waals surface area contributed by atoms with Crippen LogP contribution in [-0.4, -0.2) is 84.8 Å². The van der Waals surface area contributed by atoms with Gasteiger partial charge >= 0.3 is 6.03 Å². The lowest BCUT2D eigenvalue weighted by Crippen LogP contribution is -2.46. The van der Waals surface area contributed by atoms with Gasteiger partial charge in [0.2, 0.25) is 17.8 Å². The van der Waals surface area contributed by atoms with E-state index in [4.69, 9.17) is 4.42 Å². The third-order valence-electron chi connectivity index (χ3n) is 6.36. The van der Waals surface area contributed by atoms with Gasteiger partial charge in [-0.2, -0.15) is 0 Å². The van der Waals surface area contributed by atoms with Crippen LogP contribution in [0.2, 0.25) is 0 Å². The predicted octanol–water partition coefficient (Wildman–Crippen LogP) is 2.78. The summed E-state index contributed by atoms with van der Waals surface area (Å²) in [6.45, 7) is 4.01. The van der Waals surface area contributed by atoms with Crippen molar-refractivity contribution in [2.75, 3.05) is 45.6 Å². The minimum absolute atomic E-state index is 0.0107. The molecule has 2 saturated heterocycles. The van der Waals surface area contributed by atoms with Crippen LogP contribution in [0.15, 0.2) is 33.7 Å². The summed E-state index contributed by atoms with van der Waals surface area (Å²) >= 11 is 0. The van der Waals surface area contributed by atoms with Crippen molar-refractivity contribution in [3.05, 3.63) is 30.0 Å². The molecule has 2 aromatic rings. The fraction of sp³-hybridized carbons (Fsp3) is 0.520. The molecule has 2 aliphatic heterocycles. The summed E-state index contributed by atoms with van der Waals surface area (Å²) in [5.74, 6) is 0.798. The third-order valence-corrected chi connectivity index (χ3v) is 6.36. The molecule has 188 valence electrons. The van der Waals surface area contributed by atoms with Crippen molar-refractivity contribution in [3.8, 4) is 0 Å². The van der Waals surface area contributed by atoms with Gasteiger partial charge in [-0.25, -0.2) is 9.79 Å². The van der Waals surface area contributed by atoms with E-state index in [1.54, 1.807) is 19.0 Å². The number of benzene rings is 1. The zero-order valence-corrected chi connectivity index (χ0v) is 20.7. The first-order valence-corrected chi connectivity index (χ1v) is 12.2. The van der Waals surface area contributed by atoms with Crippen molar-refractivity contribution in [2.24, 2.45) is 4.99 Å². The largest absolute Gasteiger partial charge is 0.461 e. The second kappa shape index (κ2) is 10.8. The molecular weight excluding hydrogens is 448 g/mol. The molecule has 0 radical (unpaired) electrons. The highest BCUT2D eigenvalue weighted by Gasteiger charge is 2.30. The molecule has 1 aromatic carbocycles. The van der Waals surface area contributed by atoms with Gasteiger partial charge in [-0.3, -0.25) is 14.9 Å². The van der Waals surface area contributed by atoms with E-state index < -0.39 is 6.04 Å². The predicted molar refractivity (Wildman–Crippen MR) is 134 cm³/mol. The topological polar surface area (TPSA) is 110 Å². The second-order valence-corrected chi connectivity index (χ2v) is 9.40. The van der Waals surface area contributed by atoms with Crippen molar-refractivity contribution in [1.29, 1.82) is 0 Å². The van der Waals surface area contributed by atoms with Crippen LogP contribution in [0.4, 0.5) is 10.5 Å². The average Bonchev–Trinajstić information content (AvgIpc) is 3.44. The molecule has 3 heterocycles. The average molecular weight is 483 g/mol. The maximum atomic E-state index is 13.4. The smallest absolute Gasteiger partial charge is 0.323 e. The summed E-state index contributed by atoms with van der Waals surface area (Å²) in [5, 5.41) is 6.84. The molecule has 1 aromatic heterocycles. The summed E-state index contributed by atoms with van der Waals surface area (Å²) in [7, 11) is 3.27. The molecule has 2 aliphatic rings. The molecule has 0 spiro atoms. The number of anilines is 1. The van der Waals surface area contributed by atoms with Crippen LogP contribution in [0.25, 0.3) is 11.0 Å². The molecular formula is C25H34N6O4. The zero-order chi connectivity index (χ0) is 24.9. The maximum Gasteiger partial charge on any atom is 0.323 e. The Hall–Kier alpha value is -3.56. The molecule has 35 heavy (non-hydrogen) atoms. The van der Waals surface area contributed by atoms with Crippen LogP contribution in [0.5, 0.6) is 0 Å². The first-order chi connectivity index (χ1) is 16.8. The van der Waals surface area contributed by atoms with Crippen LogP contribution in [0.1, 0.15) is 37.9 Å². The molecule has 10 nitrogen and oxygen atoms in total. The van der Waals surface area contributed by atoms with Gasteiger partial charge in [-0.1, -0.05) is 0 Å². The quantitative estimate of drug-likeness (QED) is 0.514. The number of urea groups is 1. The first-order valence-electron chi connectivity index (χ1n) is 12.2. The Bertz CT molecular complexity index is 1120. The number of aliphatic imine (C=N–C) groups is 1. The van der Waals surface area contributed by atoms with Gasteiger partial charge in [0, 0.05) is 44.8 Å².